The van der Waals surface area contributed by atoms with Gasteiger partial charge in [0.1, 0.15) is 18.0 Å². The van der Waals surface area contributed by atoms with Crippen molar-refractivity contribution in [2.45, 2.75) is 6.92 Å². The molecular formula is C9H16N4S. The molecule has 0 saturated carbocycles. The molecule has 0 saturated heterocycles. The average Bonchev–Trinajstić information content (AvgIpc) is 2.21. The van der Waals surface area contributed by atoms with Gasteiger partial charge in [0.15, 0.2) is 0 Å². The van der Waals surface area contributed by atoms with E-state index in [9.17, 15) is 0 Å². The standard InChI is InChI=1S/C9H16N4S/c1-7-8(10-2)12-6-13-9(7)11-4-5-14-3/h6H,4-5H2,1-3H3,(H2,10,11,12,13). The predicted molar refractivity (Wildman–Crippen MR) is 63.2 cm³/mol. The Morgan fingerprint density at radius 3 is 2.71 bits per heavy atom. The molecule has 0 atom stereocenters. The number of aromatic nitrogens is 2. The van der Waals surface area contributed by atoms with Gasteiger partial charge in [-0.3, -0.25) is 0 Å². The van der Waals surface area contributed by atoms with Crippen LogP contribution in [-0.4, -0.2) is 35.6 Å². The highest BCUT2D eigenvalue weighted by atomic mass is 32.2. The molecule has 1 aromatic heterocycles. The van der Waals surface area contributed by atoms with Crippen LogP contribution in [0.3, 0.4) is 0 Å². The largest absolute Gasteiger partial charge is 0.373 e. The van der Waals surface area contributed by atoms with Crippen LogP contribution in [0.5, 0.6) is 0 Å². The minimum absolute atomic E-state index is 0.881. The summed E-state index contributed by atoms with van der Waals surface area (Å²) in [6.07, 6.45) is 3.66. The zero-order chi connectivity index (χ0) is 10.4. The van der Waals surface area contributed by atoms with Gasteiger partial charge in [-0.1, -0.05) is 0 Å². The van der Waals surface area contributed by atoms with Crippen LogP contribution in [0, 0.1) is 6.92 Å². The van der Waals surface area contributed by atoms with Crippen LogP contribution in [0.2, 0.25) is 0 Å². The Hall–Kier alpha value is -0.970. The van der Waals surface area contributed by atoms with Gasteiger partial charge in [0.05, 0.1) is 0 Å². The highest BCUT2D eigenvalue weighted by Gasteiger charge is 2.03. The molecule has 0 aliphatic rings. The summed E-state index contributed by atoms with van der Waals surface area (Å²) in [5.74, 6) is 2.88. The number of thioether (sulfide) groups is 1. The maximum Gasteiger partial charge on any atom is 0.134 e. The number of hydrogen-bond donors (Lipinski definition) is 2. The molecule has 2 N–H and O–H groups in total. The molecule has 0 aliphatic carbocycles. The lowest BCUT2D eigenvalue weighted by atomic mass is 10.3. The maximum absolute atomic E-state index is 4.19. The number of nitrogens with zero attached hydrogens (tertiary/aromatic N) is 2. The van der Waals surface area contributed by atoms with Crippen molar-refractivity contribution in [3.63, 3.8) is 0 Å². The van der Waals surface area contributed by atoms with E-state index >= 15 is 0 Å². The SMILES string of the molecule is CNc1ncnc(NCCSC)c1C. The van der Waals surface area contributed by atoms with Crippen molar-refractivity contribution in [3.05, 3.63) is 11.9 Å². The molecule has 0 aliphatic heterocycles. The van der Waals surface area contributed by atoms with E-state index in [0.29, 0.717) is 0 Å². The molecule has 0 radical (unpaired) electrons. The van der Waals surface area contributed by atoms with E-state index in [1.165, 1.54) is 0 Å². The zero-order valence-electron chi connectivity index (χ0n) is 8.79. The Bertz CT molecular complexity index is 290. The fourth-order valence-corrected chi connectivity index (χ4v) is 1.46. The van der Waals surface area contributed by atoms with Crippen molar-refractivity contribution in [2.75, 3.05) is 36.2 Å². The van der Waals surface area contributed by atoms with Gasteiger partial charge in [-0.15, -0.1) is 0 Å². The minimum atomic E-state index is 0.881. The van der Waals surface area contributed by atoms with Crippen LogP contribution in [0.1, 0.15) is 5.56 Å². The minimum Gasteiger partial charge on any atom is -0.373 e. The summed E-state index contributed by atoms with van der Waals surface area (Å²) in [7, 11) is 1.86. The first kappa shape index (κ1) is 11.1. The van der Waals surface area contributed by atoms with Crippen molar-refractivity contribution < 1.29 is 0 Å². The first-order valence-electron chi connectivity index (χ1n) is 4.51. The molecule has 5 heteroatoms. The molecule has 1 rings (SSSR count). The van der Waals surface area contributed by atoms with Crippen molar-refractivity contribution in [1.29, 1.82) is 0 Å². The second-order valence-electron chi connectivity index (χ2n) is 2.87. The number of anilines is 2. The highest BCUT2D eigenvalue weighted by molar-refractivity contribution is 7.98. The average molecular weight is 212 g/mol. The summed E-state index contributed by atoms with van der Waals surface area (Å²) < 4.78 is 0. The van der Waals surface area contributed by atoms with E-state index in [0.717, 1.165) is 29.5 Å². The molecule has 1 aromatic rings. The van der Waals surface area contributed by atoms with Gasteiger partial charge in [-0.2, -0.15) is 11.8 Å². The summed E-state index contributed by atoms with van der Waals surface area (Å²) in [5.41, 5.74) is 1.07. The molecule has 0 amide bonds. The first-order chi connectivity index (χ1) is 6.79. The lowest BCUT2D eigenvalue weighted by Crippen LogP contribution is -2.08. The van der Waals surface area contributed by atoms with Gasteiger partial charge in [0.2, 0.25) is 0 Å². The van der Waals surface area contributed by atoms with Crippen LogP contribution in [0.4, 0.5) is 11.6 Å². The lowest BCUT2D eigenvalue weighted by molar-refractivity contribution is 1.08. The fraction of sp³-hybridized carbons (Fsp3) is 0.556. The third kappa shape index (κ3) is 2.77. The van der Waals surface area contributed by atoms with Crippen molar-refractivity contribution >= 4 is 23.4 Å². The number of hydrogen-bond acceptors (Lipinski definition) is 5. The van der Waals surface area contributed by atoms with Crippen LogP contribution >= 0.6 is 11.8 Å². The third-order valence-corrected chi connectivity index (χ3v) is 2.53. The summed E-state index contributed by atoms with van der Waals surface area (Å²) in [4.78, 5) is 8.31. The normalized spacial score (nSPS) is 9.93. The van der Waals surface area contributed by atoms with E-state index in [1.54, 1.807) is 6.33 Å². The molecule has 4 nitrogen and oxygen atoms in total. The van der Waals surface area contributed by atoms with Crippen LogP contribution < -0.4 is 10.6 Å². The highest BCUT2D eigenvalue weighted by Crippen LogP contribution is 2.16. The Morgan fingerprint density at radius 1 is 1.36 bits per heavy atom. The van der Waals surface area contributed by atoms with Crippen molar-refractivity contribution in [1.82, 2.24) is 9.97 Å². The van der Waals surface area contributed by atoms with Gasteiger partial charge in [0, 0.05) is 24.9 Å². The zero-order valence-corrected chi connectivity index (χ0v) is 9.61. The predicted octanol–water partition coefficient (Wildman–Crippen LogP) is 1.60. The molecule has 0 aromatic carbocycles. The van der Waals surface area contributed by atoms with Gasteiger partial charge < -0.3 is 10.6 Å². The van der Waals surface area contributed by atoms with Gasteiger partial charge in [-0.25, -0.2) is 9.97 Å². The Kier molecular flexibility index (Phi) is 4.52. The summed E-state index contributed by atoms with van der Waals surface area (Å²) in [6, 6.07) is 0. The van der Waals surface area contributed by atoms with Crippen LogP contribution in [0.15, 0.2) is 6.33 Å². The molecule has 0 bridgehead atoms. The fourth-order valence-electron chi connectivity index (χ4n) is 1.15. The van der Waals surface area contributed by atoms with E-state index in [-0.39, 0.29) is 0 Å². The molecule has 0 spiro atoms. The summed E-state index contributed by atoms with van der Waals surface area (Å²) in [6.45, 7) is 2.94. The topological polar surface area (TPSA) is 49.8 Å². The van der Waals surface area contributed by atoms with E-state index < -0.39 is 0 Å². The van der Waals surface area contributed by atoms with Crippen molar-refractivity contribution in [3.8, 4) is 0 Å². The van der Waals surface area contributed by atoms with Crippen molar-refractivity contribution in [2.24, 2.45) is 0 Å². The van der Waals surface area contributed by atoms with Crippen LogP contribution in [-0.2, 0) is 0 Å². The number of rotatable bonds is 5. The lowest BCUT2D eigenvalue weighted by Gasteiger charge is -2.10. The molecular weight excluding hydrogens is 196 g/mol. The Morgan fingerprint density at radius 2 is 2.07 bits per heavy atom. The second-order valence-corrected chi connectivity index (χ2v) is 3.85. The van der Waals surface area contributed by atoms with Gasteiger partial charge in [0.25, 0.3) is 0 Å². The van der Waals surface area contributed by atoms with Gasteiger partial charge in [-0.05, 0) is 13.2 Å². The molecule has 1 heterocycles. The number of nitrogens with one attached hydrogen (secondary N) is 2. The Labute approximate surface area is 88.9 Å². The quantitative estimate of drug-likeness (QED) is 0.726. The molecule has 14 heavy (non-hydrogen) atoms. The maximum atomic E-state index is 4.19. The van der Waals surface area contributed by atoms with E-state index in [2.05, 4.69) is 26.9 Å². The first-order valence-corrected chi connectivity index (χ1v) is 5.91. The Balaban J connectivity index is 2.66. The monoisotopic (exact) mass is 212 g/mol. The third-order valence-electron chi connectivity index (χ3n) is 1.92. The summed E-state index contributed by atoms with van der Waals surface area (Å²) >= 11 is 1.82. The molecule has 0 fully saturated rings. The van der Waals surface area contributed by atoms with E-state index in [4.69, 9.17) is 0 Å². The van der Waals surface area contributed by atoms with E-state index in [1.807, 2.05) is 25.7 Å². The van der Waals surface area contributed by atoms with Crippen LogP contribution in [0.25, 0.3) is 0 Å². The smallest absolute Gasteiger partial charge is 0.134 e. The van der Waals surface area contributed by atoms with Gasteiger partial charge >= 0.3 is 0 Å². The second kappa shape index (κ2) is 5.70. The molecule has 0 unspecified atom stereocenters. The summed E-state index contributed by atoms with van der Waals surface area (Å²) in [5, 5.41) is 6.31. The molecule has 78 valence electrons.